The number of hydrogen-bond donors (Lipinski definition) is 0. The van der Waals surface area contributed by atoms with Crippen LogP contribution in [0.5, 0.6) is 0 Å². The SMILES string of the molecule is CN(N=O)C(C)(C)CCC(=O)CCC(C)(C)N(C)N=O. The Morgan fingerprint density at radius 3 is 1.40 bits per heavy atom. The summed E-state index contributed by atoms with van der Waals surface area (Å²) in [6.07, 6.45) is 1.91. The highest BCUT2D eigenvalue weighted by Gasteiger charge is 2.27. The molecule has 7 nitrogen and oxygen atoms in total. The molecule has 0 amide bonds. The van der Waals surface area contributed by atoms with Crippen molar-refractivity contribution in [3.05, 3.63) is 9.81 Å². The van der Waals surface area contributed by atoms with Gasteiger partial charge < -0.3 is 0 Å². The molecule has 20 heavy (non-hydrogen) atoms. The lowest BCUT2D eigenvalue weighted by Crippen LogP contribution is -2.38. The van der Waals surface area contributed by atoms with Crippen LogP contribution in [-0.4, -0.2) is 41.0 Å². The van der Waals surface area contributed by atoms with Gasteiger partial charge in [0.1, 0.15) is 5.78 Å². The zero-order valence-electron chi connectivity index (χ0n) is 13.3. The Hall–Kier alpha value is -1.53. The Morgan fingerprint density at radius 1 is 0.850 bits per heavy atom. The topological polar surface area (TPSA) is 82.4 Å². The molecular formula is C13H26N4O3. The molecule has 0 rings (SSSR count). The summed E-state index contributed by atoms with van der Waals surface area (Å²) in [4.78, 5) is 32.9. The van der Waals surface area contributed by atoms with Crippen molar-refractivity contribution in [3.8, 4) is 0 Å². The van der Waals surface area contributed by atoms with Crippen LogP contribution in [0.3, 0.4) is 0 Å². The first-order valence-electron chi connectivity index (χ1n) is 6.73. The summed E-state index contributed by atoms with van der Waals surface area (Å²) in [6.45, 7) is 7.48. The van der Waals surface area contributed by atoms with E-state index in [1.165, 1.54) is 10.0 Å². The van der Waals surface area contributed by atoms with Crippen LogP contribution < -0.4 is 0 Å². The van der Waals surface area contributed by atoms with E-state index in [9.17, 15) is 14.6 Å². The lowest BCUT2D eigenvalue weighted by molar-refractivity contribution is -0.120. The van der Waals surface area contributed by atoms with Gasteiger partial charge >= 0.3 is 0 Å². The maximum atomic E-state index is 11.9. The molecule has 0 aliphatic rings. The first-order valence-corrected chi connectivity index (χ1v) is 6.73. The molecule has 0 radical (unpaired) electrons. The van der Waals surface area contributed by atoms with E-state index in [0.717, 1.165) is 0 Å². The fourth-order valence-corrected chi connectivity index (χ4v) is 1.56. The van der Waals surface area contributed by atoms with Crippen LogP contribution in [-0.2, 0) is 4.79 Å². The standard InChI is InChI=1S/C13H26N4O3/c1-12(2,16(5)14-19)9-7-11(18)8-10-13(3,4)17(6)15-20/h7-10H2,1-6H3. The third-order valence-corrected chi connectivity index (χ3v) is 4.03. The van der Waals surface area contributed by atoms with Gasteiger partial charge in [0.25, 0.3) is 0 Å². The molecule has 0 fully saturated rings. The van der Waals surface area contributed by atoms with Crippen molar-refractivity contribution in [2.45, 2.75) is 64.5 Å². The number of nitroso groups, excluding NO2 is 2. The second-order valence-corrected chi connectivity index (χ2v) is 6.37. The van der Waals surface area contributed by atoms with Crippen molar-refractivity contribution in [2.75, 3.05) is 14.1 Å². The molecule has 0 aliphatic carbocycles. The molecule has 0 aromatic heterocycles. The van der Waals surface area contributed by atoms with Gasteiger partial charge in [0.2, 0.25) is 0 Å². The van der Waals surface area contributed by atoms with Crippen LogP contribution in [0.1, 0.15) is 53.4 Å². The molecule has 0 aromatic carbocycles. The summed E-state index contributed by atoms with van der Waals surface area (Å²) in [5, 5.41) is 8.41. The first-order chi connectivity index (χ1) is 9.06. The average Bonchev–Trinajstić information content (AvgIpc) is 2.40. The maximum Gasteiger partial charge on any atom is 0.133 e. The van der Waals surface area contributed by atoms with Crippen LogP contribution in [0.4, 0.5) is 0 Å². The highest BCUT2D eigenvalue weighted by atomic mass is 16.3. The molecular weight excluding hydrogens is 260 g/mol. The second kappa shape index (κ2) is 7.31. The van der Waals surface area contributed by atoms with Crippen molar-refractivity contribution in [1.29, 1.82) is 0 Å². The van der Waals surface area contributed by atoms with E-state index >= 15 is 0 Å². The number of nitrogens with zero attached hydrogens (tertiary/aromatic N) is 4. The van der Waals surface area contributed by atoms with Gasteiger partial charge in [-0.15, -0.1) is 9.81 Å². The maximum absolute atomic E-state index is 11.9. The number of carbonyl (C=O) groups excluding carboxylic acids is 1. The third-order valence-electron chi connectivity index (χ3n) is 4.03. The number of rotatable bonds is 10. The van der Waals surface area contributed by atoms with Gasteiger partial charge in [0.05, 0.1) is 21.6 Å². The number of carbonyl (C=O) groups is 1. The van der Waals surface area contributed by atoms with Gasteiger partial charge in [-0.05, 0) is 40.5 Å². The predicted octanol–water partition coefficient (Wildman–Crippen LogP) is 2.90. The number of ketones is 1. The van der Waals surface area contributed by atoms with E-state index in [1.807, 2.05) is 27.7 Å². The van der Waals surface area contributed by atoms with E-state index in [4.69, 9.17) is 0 Å². The summed E-state index contributed by atoms with van der Waals surface area (Å²) in [5.74, 6) is 0.116. The van der Waals surface area contributed by atoms with E-state index in [1.54, 1.807) is 14.1 Å². The monoisotopic (exact) mass is 286 g/mol. The zero-order valence-corrected chi connectivity index (χ0v) is 13.3. The fourth-order valence-electron chi connectivity index (χ4n) is 1.56. The van der Waals surface area contributed by atoms with Crippen LogP contribution in [0.2, 0.25) is 0 Å². The largest absolute Gasteiger partial charge is 0.300 e. The lowest BCUT2D eigenvalue weighted by Gasteiger charge is -2.31. The van der Waals surface area contributed by atoms with Gasteiger partial charge in [-0.1, -0.05) is 0 Å². The van der Waals surface area contributed by atoms with Gasteiger partial charge in [0.15, 0.2) is 0 Å². The minimum absolute atomic E-state index is 0.116. The molecule has 0 saturated heterocycles. The highest BCUT2D eigenvalue weighted by molar-refractivity contribution is 5.78. The smallest absolute Gasteiger partial charge is 0.133 e. The van der Waals surface area contributed by atoms with Crippen molar-refractivity contribution in [1.82, 2.24) is 10.0 Å². The molecule has 0 atom stereocenters. The molecule has 0 aromatic rings. The van der Waals surface area contributed by atoms with Crippen LogP contribution >= 0.6 is 0 Å². The molecule has 0 spiro atoms. The average molecular weight is 286 g/mol. The Bertz CT molecular complexity index is 324. The minimum Gasteiger partial charge on any atom is -0.300 e. The van der Waals surface area contributed by atoms with Crippen molar-refractivity contribution in [2.24, 2.45) is 10.6 Å². The van der Waals surface area contributed by atoms with Gasteiger partial charge in [-0.25, -0.2) is 0 Å². The Labute approximate surface area is 120 Å². The molecule has 0 unspecified atom stereocenters. The molecule has 0 saturated carbocycles. The molecule has 0 aliphatic heterocycles. The van der Waals surface area contributed by atoms with E-state index in [0.29, 0.717) is 25.7 Å². The van der Waals surface area contributed by atoms with Crippen LogP contribution in [0, 0.1) is 9.81 Å². The van der Waals surface area contributed by atoms with Gasteiger partial charge in [-0.3, -0.25) is 14.8 Å². The molecule has 0 bridgehead atoms. The normalized spacial score (nSPS) is 11.9. The Balaban J connectivity index is 4.26. The predicted molar refractivity (Wildman–Crippen MR) is 78.7 cm³/mol. The lowest BCUT2D eigenvalue weighted by atomic mass is 9.92. The second-order valence-electron chi connectivity index (χ2n) is 6.37. The summed E-state index contributed by atoms with van der Waals surface area (Å²) in [5.41, 5.74) is -0.873. The highest BCUT2D eigenvalue weighted by Crippen LogP contribution is 2.23. The Morgan fingerprint density at radius 2 is 1.15 bits per heavy atom. The molecule has 7 heteroatoms. The number of hydrogen-bond acceptors (Lipinski definition) is 5. The number of Topliss-reactive ketones (excluding diaryl/α,β-unsaturated/α-hetero) is 1. The summed E-state index contributed by atoms with van der Waals surface area (Å²) in [6, 6.07) is 0. The van der Waals surface area contributed by atoms with Crippen molar-refractivity contribution < 1.29 is 4.79 Å². The van der Waals surface area contributed by atoms with E-state index < -0.39 is 11.1 Å². The fraction of sp³-hybridized carbons (Fsp3) is 0.923. The quantitative estimate of drug-likeness (QED) is 0.455. The molecule has 116 valence electrons. The zero-order chi connectivity index (χ0) is 16.0. The van der Waals surface area contributed by atoms with Crippen molar-refractivity contribution >= 4 is 5.78 Å². The van der Waals surface area contributed by atoms with E-state index in [-0.39, 0.29) is 5.78 Å². The summed E-state index contributed by atoms with van der Waals surface area (Å²) >= 11 is 0. The summed E-state index contributed by atoms with van der Waals surface area (Å²) < 4.78 is 0. The molecule has 0 heterocycles. The van der Waals surface area contributed by atoms with Crippen LogP contribution in [0.15, 0.2) is 10.6 Å². The van der Waals surface area contributed by atoms with Gasteiger partial charge in [-0.2, -0.15) is 0 Å². The van der Waals surface area contributed by atoms with Crippen molar-refractivity contribution in [3.63, 3.8) is 0 Å². The third kappa shape index (κ3) is 5.63. The first kappa shape index (κ1) is 18.5. The van der Waals surface area contributed by atoms with E-state index in [2.05, 4.69) is 10.6 Å². The minimum atomic E-state index is -0.436. The molecule has 0 N–H and O–H groups in total. The van der Waals surface area contributed by atoms with Crippen LogP contribution in [0.25, 0.3) is 0 Å². The Kier molecular flexibility index (Phi) is 6.75. The summed E-state index contributed by atoms with van der Waals surface area (Å²) in [7, 11) is 3.20. The van der Waals surface area contributed by atoms with Gasteiger partial charge in [0, 0.05) is 26.9 Å².